The summed E-state index contributed by atoms with van der Waals surface area (Å²) >= 11 is 0. The van der Waals surface area contributed by atoms with Crippen molar-refractivity contribution >= 4 is 11.9 Å². The molecule has 8 nitrogen and oxygen atoms in total. The molecule has 0 heterocycles. The van der Waals surface area contributed by atoms with Gasteiger partial charge in [-0.1, -0.05) is 19.1 Å². The van der Waals surface area contributed by atoms with Crippen molar-refractivity contribution in [2.24, 2.45) is 5.41 Å². The molecule has 0 aliphatic heterocycles. The Balaban J connectivity index is -0.000000278. The monoisotopic (exact) mass is 348 g/mol. The largest absolute Gasteiger partial charge is 0.478 e. The van der Waals surface area contributed by atoms with Gasteiger partial charge in [-0.2, -0.15) is 0 Å². The van der Waals surface area contributed by atoms with Crippen LogP contribution in [0.25, 0.3) is 0 Å². The molecule has 0 aliphatic rings. The van der Waals surface area contributed by atoms with Crippen LogP contribution >= 0.6 is 0 Å². The SMILES string of the molecule is C=CCOCC=C.CCC(CO)(CO)CO.O=C(O)C=CC(=O)O. The Hall–Kier alpha value is -2.00. The lowest BCUT2D eigenvalue weighted by Gasteiger charge is -2.24. The fourth-order valence-corrected chi connectivity index (χ4v) is 0.863. The molecule has 0 aromatic heterocycles. The highest BCUT2D eigenvalue weighted by molar-refractivity contribution is 5.89. The summed E-state index contributed by atoms with van der Waals surface area (Å²) in [7, 11) is 0. The predicted molar refractivity (Wildman–Crippen MR) is 89.6 cm³/mol. The van der Waals surface area contributed by atoms with E-state index in [4.69, 9.17) is 30.3 Å². The summed E-state index contributed by atoms with van der Waals surface area (Å²) < 4.78 is 4.90. The van der Waals surface area contributed by atoms with Gasteiger partial charge in [-0.15, -0.1) is 13.2 Å². The number of hydrogen-bond donors (Lipinski definition) is 5. The van der Waals surface area contributed by atoms with Gasteiger partial charge in [0.25, 0.3) is 0 Å². The summed E-state index contributed by atoms with van der Waals surface area (Å²) in [6, 6.07) is 0. The second-order valence-electron chi connectivity index (χ2n) is 4.45. The van der Waals surface area contributed by atoms with Crippen LogP contribution in [0.15, 0.2) is 37.5 Å². The molecule has 0 saturated carbocycles. The number of carbonyl (C=O) groups is 2. The van der Waals surface area contributed by atoms with Crippen LogP contribution in [0, 0.1) is 5.41 Å². The van der Waals surface area contributed by atoms with E-state index < -0.39 is 17.4 Å². The molecule has 0 unspecified atom stereocenters. The Morgan fingerprint density at radius 2 is 1.25 bits per heavy atom. The molecule has 0 amide bonds. The zero-order valence-corrected chi connectivity index (χ0v) is 13.9. The van der Waals surface area contributed by atoms with Crippen molar-refractivity contribution in [3.05, 3.63) is 37.5 Å². The number of aliphatic hydroxyl groups is 3. The van der Waals surface area contributed by atoms with Crippen LogP contribution in [0.5, 0.6) is 0 Å². The Kier molecular flexibility index (Phi) is 21.3. The third kappa shape index (κ3) is 20.0. The number of ether oxygens (including phenoxy) is 1. The fourth-order valence-electron chi connectivity index (χ4n) is 0.863. The second-order valence-corrected chi connectivity index (χ2v) is 4.45. The summed E-state index contributed by atoms with van der Waals surface area (Å²) in [5, 5.41) is 41.6. The third-order valence-corrected chi connectivity index (χ3v) is 2.60. The van der Waals surface area contributed by atoms with E-state index in [0.717, 1.165) is 0 Å². The number of carboxylic acids is 2. The van der Waals surface area contributed by atoms with Crippen LogP contribution in [0.3, 0.4) is 0 Å². The van der Waals surface area contributed by atoms with E-state index in [1.807, 2.05) is 6.92 Å². The van der Waals surface area contributed by atoms with E-state index in [9.17, 15) is 9.59 Å². The van der Waals surface area contributed by atoms with E-state index in [-0.39, 0.29) is 19.8 Å². The standard InChI is InChI=1S/C6H14O3.C6H10O.C4H4O4/c1-2-6(3-7,4-8)5-9;1-3-5-7-6-4-2;5-3(6)1-2-4(7)8/h7-9H,2-5H2,1H3;3-4H,1-2,5-6H2;1-2H,(H,5,6)(H,7,8). The Morgan fingerprint density at radius 1 is 0.917 bits per heavy atom. The summed E-state index contributed by atoms with van der Waals surface area (Å²) in [5.74, 6) is -2.51. The lowest BCUT2D eigenvalue weighted by atomic mass is 9.88. The Labute approximate surface area is 142 Å². The van der Waals surface area contributed by atoms with Crippen LogP contribution < -0.4 is 0 Å². The molecule has 24 heavy (non-hydrogen) atoms. The maximum absolute atomic E-state index is 9.55. The first kappa shape index (κ1) is 26.9. The highest BCUT2D eigenvalue weighted by atomic mass is 16.5. The zero-order valence-electron chi connectivity index (χ0n) is 13.9. The normalized spacial score (nSPS) is 10.0. The van der Waals surface area contributed by atoms with Crippen LogP contribution in [-0.4, -0.2) is 70.5 Å². The second kappa shape index (κ2) is 19.0. The average Bonchev–Trinajstić information content (AvgIpc) is 2.57. The molecule has 140 valence electrons. The number of rotatable bonds is 10. The first-order valence-electron chi connectivity index (χ1n) is 7.05. The van der Waals surface area contributed by atoms with E-state index in [1.54, 1.807) is 12.2 Å². The van der Waals surface area contributed by atoms with Crippen molar-refractivity contribution in [2.75, 3.05) is 33.0 Å². The number of carboxylic acid groups (broad SMARTS) is 2. The molecule has 5 N–H and O–H groups in total. The molecule has 0 aliphatic carbocycles. The van der Waals surface area contributed by atoms with Crippen molar-refractivity contribution in [1.29, 1.82) is 0 Å². The van der Waals surface area contributed by atoms with Gasteiger partial charge in [0.05, 0.1) is 33.0 Å². The van der Waals surface area contributed by atoms with Crippen molar-refractivity contribution < 1.29 is 39.9 Å². The van der Waals surface area contributed by atoms with E-state index in [2.05, 4.69) is 13.2 Å². The molecular formula is C16H28O8. The number of aliphatic carboxylic acids is 2. The predicted octanol–water partition coefficient (Wildman–Crippen LogP) is 0.446. The third-order valence-electron chi connectivity index (χ3n) is 2.60. The van der Waals surface area contributed by atoms with Crippen LogP contribution in [0.2, 0.25) is 0 Å². The molecule has 0 fully saturated rings. The average molecular weight is 348 g/mol. The molecular weight excluding hydrogens is 320 g/mol. The fraction of sp³-hybridized carbons (Fsp3) is 0.500. The maximum atomic E-state index is 9.55. The lowest BCUT2D eigenvalue weighted by Crippen LogP contribution is -2.32. The van der Waals surface area contributed by atoms with Gasteiger partial charge in [-0.05, 0) is 6.42 Å². The van der Waals surface area contributed by atoms with E-state index in [0.29, 0.717) is 31.8 Å². The summed E-state index contributed by atoms with van der Waals surface area (Å²) in [6.45, 7) is 9.53. The number of hydrogen-bond acceptors (Lipinski definition) is 6. The smallest absolute Gasteiger partial charge is 0.328 e. The van der Waals surface area contributed by atoms with Gasteiger partial charge < -0.3 is 30.3 Å². The molecule has 0 atom stereocenters. The Bertz CT molecular complexity index is 331. The molecule has 0 radical (unpaired) electrons. The van der Waals surface area contributed by atoms with Crippen LogP contribution in [-0.2, 0) is 14.3 Å². The maximum Gasteiger partial charge on any atom is 0.328 e. The molecule has 0 saturated heterocycles. The quantitative estimate of drug-likeness (QED) is 0.217. The molecule has 0 bridgehead atoms. The molecule has 0 rings (SSSR count). The van der Waals surface area contributed by atoms with Crippen molar-refractivity contribution in [3.8, 4) is 0 Å². The van der Waals surface area contributed by atoms with E-state index >= 15 is 0 Å². The summed E-state index contributed by atoms with van der Waals surface area (Å²) in [4.78, 5) is 19.1. The highest BCUT2D eigenvalue weighted by Gasteiger charge is 2.24. The minimum atomic E-state index is -1.26. The van der Waals surface area contributed by atoms with Gasteiger partial charge in [0.15, 0.2) is 0 Å². The lowest BCUT2D eigenvalue weighted by molar-refractivity contribution is -0.134. The topological polar surface area (TPSA) is 145 Å². The van der Waals surface area contributed by atoms with Crippen molar-refractivity contribution in [2.45, 2.75) is 13.3 Å². The Morgan fingerprint density at radius 3 is 1.38 bits per heavy atom. The zero-order chi connectivity index (χ0) is 19.4. The van der Waals surface area contributed by atoms with Gasteiger partial charge in [0.2, 0.25) is 0 Å². The molecule has 8 heteroatoms. The first-order valence-corrected chi connectivity index (χ1v) is 7.05. The minimum Gasteiger partial charge on any atom is -0.478 e. The van der Waals surface area contributed by atoms with Gasteiger partial charge in [-0.25, -0.2) is 9.59 Å². The van der Waals surface area contributed by atoms with Gasteiger partial charge >= 0.3 is 11.9 Å². The van der Waals surface area contributed by atoms with Crippen LogP contribution in [0.4, 0.5) is 0 Å². The van der Waals surface area contributed by atoms with Gasteiger partial charge in [0, 0.05) is 17.6 Å². The van der Waals surface area contributed by atoms with Crippen molar-refractivity contribution in [1.82, 2.24) is 0 Å². The van der Waals surface area contributed by atoms with Gasteiger partial charge in [-0.3, -0.25) is 0 Å². The highest BCUT2D eigenvalue weighted by Crippen LogP contribution is 2.18. The van der Waals surface area contributed by atoms with Crippen LogP contribution in [0.1, 0.15) is 13.3 Å². The number of aliphatic hydroxyl groups excluding tert-OH is 3. The van der Waals surface area contributed by atoms with E-state index in [1.165, 1.54) is 0 Å². The summed E-state index contributed by atoms with van der Waals surface area (Å²) in [6.07, 6.45) is 5.13. The summed E-state index contributed by atoms with van der Waals surface area (Å²) in [5.41, 5.74) is -0.667. The minimum absolute atomic E-state index is 0.156. The first-order chi connectivity index (χ1) is 11.3. The molecule has 0 aromatic carbocycles. The molecule has 0 spiro atoms. The van der Waals surface area contributed by atoms with Crippen molar-refractivity contribution in [3.63, 3.8) is 0 Å². The molecule has 0 aromatic rings. The van der Waals surface area contributed by atoms with Gasteiger partial charge in [0.1, 0.15) is 0 Å².